The van der Waals surface area contributed by atoms with Crippen LogP contribution in [0.5, 0.6) is 0 Å². The molecule has 0 radical (unpaired) electrons. The quantitative estimate of drug-likeness (QED) is 0.684. The Hall–Kier alpha value is -1.62. The maximum Gasteiger partial charge on any atom is 0.257 e. The highest BCUT2D eigenvalue weighted by Crippen LogP contribution is 2.21. The monoisotopic (exact) mass is 224 g/mol. The molecule has 1 fully saturated rings. The number of likely N-dealkylation sites (tertiary alicyclic amines) is 1. The largest absolute Gasteiger partial charge is 0.399 e. The molecule has 1 aliphatic heterocycles. The van der Waals surface area contributed by atoms with Gasteiger partial charge in [-0.25, -0.2) is 4.39 Å². The molecule has 1 heterocycles. The summed E-state index contributed by atoms with van der Waals surface area (Å²) in [6.45, 7) is 2.08. The van der Waals surface area contributed by atoms with Gasteiger partial charge in [0, 0.05) is 18.8 Å². The Labute approximate surface area is 92.5 Å². The second kappa shape index (κ2) is 3.75. The minimum absolute atomic E-state index is 0.0237. The Morgan fingerprint density at radius 1 is 1.56 bits per heavy atom. The van der Waals surface area contributed by atoms with E-state index in [9.17, 15) is 9.18 Å². The van der Waals surface area contributed by atoms with Crippen molar-refractivity contribution < 1.29 is 14.3 Å². The smallest absolute Gasteiger partial charge is 0.257 e. The van der Waals surface area contributed by atoms with Gasteiger partial charge in [0.15, 0.2) is 0 Å². The molecule has 5 heteroatoms. The van der Waals surface area contributed by atoms with Crippen molar-refractivity contribution in [2.45, 2.75) is 13.0 Å². The van der Waals surface area contributed by atoms with Crippen molar-refractivity contribution in [2.24, 2.45) is 0 Å². The van der Waals surface area contributed by atoms with Crippen LogP contribution >= 0.6 is 0 Å². The summed E-state index contributed by atoms with van der Waals surface area (Å²) in [5, 5.41) is 9.08. The van der Waals surface area contributed by atoms with Gasteiger partial charge >= 0.3 is 0 Å². The number of hydrogen-bond acceptors (Lipinski definition) is 3. The van der Waals surface area contributed by atoms with Gasteiger partial charge in [0.05, 0.1) is 11.7 Å². The highest BCUT2D eigenvalue weighted by molar-refractivity contribution is 5.96. The Morgan fingerprint density at radius 3 is 2.75 bits per heavy atom. The topological polar surface area (TPSA) is 66.6 Å². The van der Waals surface area contributed by atoms with Gasteiger partial charge < -0.3 is 15.7 Å². The molecule has 0 aliphatic carbocycles. The molecular weight excluding hydrogens is 211 g/mol. The fraction of sp³-hybridized carbons (Fsp3) is 0.364. The van der Waals surface area contributed by atoms with Gasteiger partial charge in [-0.3, -0.25) is 4.79 Å². The molecule has 16 heavy (non-hydrogen) atoms. The molecule has 3 N–H and O–H groups in total. The van der Waals surface area contributed by atoms with Crippen molar-refractivity contribution in [1.82, 2.24) is 4.90 Å². The number of rotatable bonds is 1. The normalized spacial score (nSPS) is 16.1. The lowest BCUT2D eigenvalue weighted by Gasteiger charge is -2.36. The number of benzene rings is 1. The number of aryl methyl sites for hydroxylation is 1. The molecule has 0 saturated carbocycles. The van der Waals surface area contributed by atoms with E-state index in [1.807, 2.05) is 0 Å². The van der Waals surface area contributed by atoms with Crippen molar-refractivity contribution in [2.75, 3.05) is 18.8 Å². The minimum atomic E-state index is -0.541. The first kappa shape index (κ1) is 10.9. The number of nitrogen functional groups attached to an aromatic ring is 1. The highest BCUT2D eigenvalue weighted by atomic mass is 19.1. The van der Waals surface area contributed by atoms with Crippen molar-refractivity contribution >= 4 is 11.6 Å². The van der Waals surface area contributed by atoms with E-state index in [1.54, 1.807) is 6.92 Å². The number of hydrogen-bond donors (Lipinski definition) is 2. The van der Waals surface area contributed by atoms with Gasteiger partial charge in [0.2, 0.25) is 0 Å². The van der Waals surface area contributed by atoms with E-state index < -0.39 is 17.8 Å². The Morgan fingerprint density at radius 2 is 2.19 bits per heavy atom. The van der Waals surface area contributed by atoms with Crippen LogP contribution < -0.4 is 5.73 Å². The van der Waals surface area contributed by atoms with Crippen molar-refractivity contribution in [1.29, 1.82) is 0 Å². The fourth-order valence-corrected chi connectivity index (χ4v) is 1.74. The molecule has 4 nitrogen and oxygen atoms in total. The van der Waals surface area contributed by atoms with Gasteiger partial charge in [0.25, 0.3) is 5.91 Å². The molecular formula is C11H13FN2O2. The molecule has 1 aromatic carbocycles. The molecule has 1 aliphatic rings. The van der Waals surface area contributed by atoms with E-state index in [-0.39, 0.29) is 18.7 Å². The molecule has 0 spiro atoms. The molecule has 1 amide bonds. The van der Waals surface area contributed by atoms with Crippen LogP contribution in [0.4, 0.5) is 10.1 Å². The summed E-state index contributed by atoms with van der Waals surface area (Å²) >= 11 is 0. The second-order valence-electron chi connectivity index (χ2n) is 4.06. The van der Waals surface area contributed by atoms with Gasteiger partial charge in [-0.2, -0.15) is 0 Å². The van der Waals surface area contributed by atoms with Crippen molar-refractivity contribution in [3.8, 4) is 0 Å². The summed E-state index contributed by atoms with van der Waals surface area (Å²) in [4.78, 5) is 13.2. The predicted molar refractivity (Wildman–Crippen MR) is 57.5 cm³/mol. The summed E-state index contributed by atoms with van der Waals surface area (Å²) in [7, 11) is 0. The number of carbonyl (C=O) groups is 1. The van der Waals surface area contributed by atoms with Crippen LogP contribution in [0.3, 0.4) is 0 Å². The van der Waals surface area contributed by atoms with E-state index in [1.165, 1.54) is 17.0 Å². The number of anilines is 1. The average Bonchev–Trinajstić information content (AvgIpc) is 2.18. The number of aliphatic hydroxyl groups is 1. The second-order valence-corrected chi connectivity index (χ2v) is 4.06. The van der Waals surface area contributed by atoms with Gasteiger partial charge in [0.1, 0.15) is 5.82 Å². The standard InChI is InChI=1S/C11H13FN2O2/c1-6-2-7(13)3-9(10(6)12)11(16)14-4-8(15)5-14/h2-3,8,15H,4-5,13H2,1H3. The third-order valence-electron chi connectivity index (χ3n) is 2.66. The van der Waals surface area contributed by atoms with Crippen LogP contribution in [0, 0.1) is 12.7 Å². The Bertz CT molecular complexity index is 442. The van der Waals surface area contributed by atoms with E-state index in [0.717, 1.165) is 0 Å². The number of halogens is 1. The number of aliphatic hydroxyl groups excluding tert-OH is 1. The molecule has 1 saturated heterocycles. The fourth-order valence-electron chi connectivity index (χ4n) is 1.74. The minimum Gasteiger partial charge on any atom is -0.399 e. The summed E-state index contributed by atoms with van der Waals surface area (Å²) < 4.78 is 13.7. The predicted octanol–water partition coefficient (Wildman–Crippen LogP) is 0.533. The molecule has 1 aromatic rings. The molecule has 0 atom stereocenters. The summed E-state index contributed by atoms with van der Waals surface area (Å²) in [5.41, 5.74) is 6.26. The van der Waals surface area contributed by atoms with Crippen LogP contribution in [-0.4, -0.2) is 35.1 Å². The Kier molecular flexibility index (Phi) is 2.55. The lowest BCUT2D eigenvalue weighted by Crippen LogP contribution is -2.53. The third kappa shape index (κ3) is 1.74. The molecule has 0 unspecified atom stereocenters. The SMILES string of the molecule is Cc1cc(N)cc(C(=O)N2CC(O)C2)c1F. The van der Waals surface area contributed by atoms with Crippen LogP contribution in [0.2, 0.25) is 0 Å². The van der Waals surface area contributed by atoms with Crippen LogP contribution in [-0.2, 0) is 0 Å². The van der Waals surface area contributed by atoms with Gasteiger partial charge in [-0.15, -0.1) is 0 Å². The van der Waals surface area contributed by atoms with Gasteiger partial charge in [-0.05, 0) is 24.6 Å². The van der Waals surface area contributed by atoms with Crippen LogP contribution in [0.15, 0.2) is 12.1 Å². The van der Waals surface area contributed by atoms with Gasteiger partial charge in [-0.1, -0.05) is 0 Å². The first-order valence-corrected chi connectivity index (χ1v) is 5.02. The summed E-state index contributed by atoms with van der Waals surface area (Å²) in [6.07, 6.45) is -0.492. The number of nitrogens with zero attached hydrogens (tertiary/aromatic N) is 1. The zero-order valence-electron chi connectivity index (χ0n) is 8.90. The number of β-amino-alcohol motifs (C(OH)–C–C–N with tert-alkyl or cyclic N) is 1. The molecule has 2 rings (SSSR count). The maximum absolute atomic E-state index is 13.7. The number of amides is 1. The molecule has 86 valence electrons. The third-order valence-corrected chi connectivity index (χ3v) is 2.66. The first-order valence-electron chi connectivity index (χ1n) is 5.02. The highest BCUT2D eigenvalue weighted by Gasteiger charge is 2.31. The zero-order chi connectivity index (χ0) is 11.9. The zero-order valence-corrected chi connectivity index (χ0v) is 8.90. The van der Waals surface area contributed by atoms with E-state index in [2.05, 4.69) is 0 Å². The number of nitrogens with two attached hydrogens (primary N) is 1. The Balaban J connectivity index is 2.29. The van der Waals surface area contributed by atoms with E-state index >= 15 is 0 Å². The first-order chi connectivity index (χ1) is 7.49. The van der Waals surface area contributed by atoms with Crippen LogP contribution in [0.1, 0.15) is 15.9 Å². The summed E-state index contributed by atoms with van der Waals surface area (Å²) in [6, 6.07) is 2.81. The lowest BCUT2D eigenvalue weighted by atomic mass is 10.1. The molecule has 0 aromatic heterocycles. The van der Waals surface area contributed by atoms with Crippen molar-refractivity contribution in [3.63, 3.8) is 0 Å². The summed E-state index contributed by atoms with van der Waals surface area (Å²) in [5.74, 6) is -0.959. The number of carbonyl (C=O) groups excluding carboxylic acids is 1. The maximum atomic E-state index is 13.7. The molecule has 0 bridgehead atoms. The van der Waals surface area contributed by atoms with E-state index in [0.29, 0.717) is 11.3 Å². The van der Waals surface area contributed by atoms with Crippen molar-refractivity contribution in [3.05, 3.63) is 29.1 Å². The van der Waals surface area contributed by atoms with E-state index in [4.69, 9.17) is 10.8 Å². The average molecular weight is 224 g/mol. The van der Waals surface area contributed by atoms with Crippen LogP contribution in [0.25, 0.3) is 0 Å². The lowest BCUT2D eigenvalue weighted by molar-refractivity contribution is 0.00558.